The highest BCUT2D eigenvalue weighted by atomic mass is 28.3. The molecule has 0 saturated heterocycles. The number of para-hydroxylation sites is 1. The number of halogens is 2. The summed E-state index contributed by atoms with van der Waals surface area (Å²) in [5, 5.41) is 9.53. The molecule has 0 fully saturated rings. The number of aromatic hydroxyl groups is 1. The maximum atomic E-state index is 14.3. The molecule has 1 atom stereocenters. The summed E-state index contributed by atoms with van der Waals surface area (Å²) in [7, 11) is -2.31. The Morgan fingerprint density at radius 1 is 1.37 bits per heavy atom. The molecule has 0 aliphatic rings. The highest BCUT2D eigenvalue weighted by Crippen LogP contribution is 2.41. The molecule has 2 nitrogen and oxygen atoms in total. The van der Waals surface area contributed by atoms with Crippen molar-refractivity contribution in [2.45, 2.75) is 31.1 Å². The zero-order valence-electron chi connectivity index (χ0n) is 11.3. The molecule has 0 bridgehead atoms. The number of benzene rings is 1. The molecule has 104 valence electrons. The van der Waals surface area contributed by atoms with E-state index in [1.807, 2.05) is 0 Å². The molecule has 0 heterocycles. The van der Waals surface area contributed by atoms with E-state index >= 15 is 0 Å². The van der Waals surface area contributed by atoms with Crippen LogP contribution in [0.2, 0.25) is 25.2 Å². The molecule has 0 saturated carbocycles. The number of phenolic OH excluding ortho intramolecular Hbond substituents is 1. The van der Waals surface area contributed by atoms with E-state index in [9.17, 15) is 18.7 Å². The molecule has 0 aliphatic carbocycles. The lowest BCUT2D eigenvalue weighted by atomic mass is 10.0. The number of hydrogen-bond donors (Lipinski definition) is 1. The highest BCUT2D eigenvalue weighted by molar-refractivity contribution is 6.78. The maximum absolute atomic E-state index is 14.3. The van der Waals surface area contributed by atoms with E-state index in [1.54, 1.807) is 19.6 Å². The van der Waals surface area contributed by atoms with Crippen LogP contribution in [0.3, 0.4) is 0 Å². The molecule has 1 aromatic carbocycles. The molecule has 0 aromatic heterocycles. The van der Waals surface area contributed by atoms with E-state index in [1.165, 1.54) is 24.3 Å². The summed E-state index contributed by atoms with van der Waals surface area (Å²) in [6, 6.07) is 5.35. The number of carbonyl (C=O) groups excluding carboxylic acids is 1. The summed E-state index contributed by atoms with van der Waals surface area (Å²) >= 11 is 0. The van der Waals surface area contributed by atoms with Crippen LogP contribution in [0, 0.1) is 0 Å². The molecule has 0 aliphatic heterocycles. The van der Waals surface area contributed by atoms with Crippen LogP contribution >= 0.6 is 0 Å². The summed E-state index contributed by atoms with van der Waals surface area (Å²) in [6.45, 7) is 8.70. The minimum atomic E-state index is -3.55. The van der Waals surface area contributed by atoms with Gasteiger partial charge in [0.05, 0.1) is 13.6 Å². The Kier molecular flexibility index (Phi) is 4.30. The van der Waals surface area contributed by atoms with Crippen LogP contribution in [0.15, 0.2) is 36.9 Å². The first-order valence-corrected chi connectivity index (χ1v) is 9.53. The number of phenols is 1. The predicted octanol–water partition coefficient (Wildman–Crippen LogP) is 4.10. The number of rotatable bonds is 5. The third-order valence-electron chi connectivity index (χ3n) is 3.01. The first-order chi connectivity index (χ1) is 8.62. The predicted molar refractivity (Wildman–Crippen MR) is 74.7 cm³/mol. The van der Waals surface area contributed by atoms with Crippen LogP contribution in [-0.2, 0) is 0 Å². The van der Waals surface area contributed by atoms with Crippen LogP contribution < -0.4 is 0 Å². The standard InChI is InChI=1S/C14H18F2O2Si/c1-5-12(19(2,3)4)14(15,16)13(18)10-8-6-7-9-11(10)17/h5-9,12,17H,1H2,2-4H3/t12-/m0/s1. The van der Waals surface area contributed by atoms with Gasteiger partial charge in [-0.1, -0.05) is 37.8 Å². The van der Waals surface area contributed by atoms with E-state index < -0.39 is 31.1 Å². The van der Waals surface area contributed by atoms with Crippen molar-refractivity contribution in [1.82, 2.24) is 0 Å². The van der Waals surface area contributed by atoms with Crippen molar-refractivity contribution >= 4 is 13.9 Å². The topological polar surface area (TPSA) is 37.3 Å². The summed E-state index contributed by atoms with van der Waals surface area (Å²) in [4.78, 5) is 12.0. The fraction of sp³-hybridized carbons (Fsp3) is 0.357. The van der Waals surface area contributed by atoms with Crippen molar-refractivity contribution in [1.29, 1.82) is 0 Å². The molecule has 19 heavy (non-hydrogen) atoms. The van der Waals surface area contributed by atoms with Crippen LogP contribution in [-0.4, -0.2) is 24.9 Å². The fourth-order valence-electron chi connectivity index (χ4n) is 2.03. The lowest BCUT2D eigenvalue weighted by Crippen LogP contribution is -2.44. The first kappa shape index (κ1) is 15.6. The number of ketones is 1. The second-order valence-electron chi connectivity index (χ2n) is 5.55. The molecular formula is C14H18F2O2Si. The van der Waals surface area contributed by atoms with Gasteiger partial charge in [-0.25, -0.2) is 0 Å². The first-order valence-electron chi connectivity index (χ1n) is 5.95. The van der Waals surface area contributed by atoms with Gasteiger partial charge in [-0.3, -0.25) is 4.79 Å². The van der Waals surface area contributed by atoms with Gasteiger partial charge in [-0.15, -0.1) is 6.58 Å². The van der Waals surface area contributed by atoms with Crippen molar-refractivity contribution in [2.24, 2.45) is 0 Å². The summed E-state index contributed by atoms with van der Waals surface area (Å²) < 4.78 is 28.7. The summed E-state index contributed by atoms with van der Waals surface area (Å²) in [5.41, 5.74) is -1.52. The molecule has 0 amide bonds. The molecule has 5 heteroatoms. The van der Waals surface area contributed by atoms with E-state index in [0.29, 0.717) is 0 Å². The SMILES string of the molecule is C=C[C@@H](C(F)(F)C(=O)c1ccccc1O)[Si](C)(C)C. The lowest BCUT2D eigenvalue weighted by Gasteiger charge is -2.32. The van der Waals surface area contributed by atoms with Crippen LogP contribution in [0.5, 0.6) is 5.75 Å². The number of hydrogen-bond acceptors (Lipinski definition) is 2. The van der Waals surface area contributed by atoms with Gasteiger partial charge in [-0.05, 0) is 12.1 Å². The Balaban J connectivity index is 3.23. The molecule has 0 radical (unpaired) electrons. The van der Waals surface area contributed by atoms with Gasteiger partial charge in [0.1, 0.15) is 5.75 Å². The zero-order valence-corrected chi connectivity index (χ0v) is 12.3. The Morgan fingerprint density at radius 2 is 1.89 bits per heavy atom. The second kappa shape index (κ2) is 5.25. The van der Waals surface area contributed by atoms with Crippen molar-refractivity contribution in [2.75, 3.05) is 0 Å². The third-order valence-corrected chi connectivity index (χ3v) is 5.48. The number of carbonyl (C=O) groups is 1. The van der Waals surface area contributed by atoms with Gasteiger partial charge in [0.25, 0.3) is 0 Å². The zero-order chi connectivity index (χ0) is 14.8. The molecule has 1 N–H and O–H groups in total. The highest BCUT2D eigenvalue weighted by Gasteiger charge is 2.51. The normalized spacial score (nSPS) is 13.9. The minimum Gasteiger partial charge on any atom is -0.507 e. The summed E-state index contributed by atoms with van der Waals surface area (Å²) in [5.74, 6) is -5.33. The molecule has 0 spiro atoms. The van der Waals surface area contributed by atoms with E-state index in [4.69, 9.17) is 0 Å². The van der Waals surface area contributed by atoms with Gasteiger partial charge in [0, 0.05) is 5.54 Å². The average molecular weight is 284 g/mol. The monoisotopic (exact) mass is 284 g/mol. The van der Waals surface area contributed by atoms with Gasteiger partial charge in [-0.2, -0.15) is 8.78 Å². The van der Waals surface area contributed by atoms with Crippen molar-refractivity contribution in [3.05, 3.63) is 42.5 Å². The largest absolute Gasteiger partial charge is 0.507 e. The Morgan fingerprint density at radius 3 is 2.32 bits per heavy atom. The fourth-order valence-corrected chi connectivity index (χ4v) is 3.96. The number of allylic oxidation sites excluding steroid dienone is 1. The van der Waals surface area contributed by atoms with Gasteiger partial charge in [0.2, 0.25) is 5.78 Å². The maximum Gasteiger partial charge on any atom is 0.313 e. The van der Waals surface area contributed by atoms with Crippen LogP contribution in [0.4, 0.5) is 8.78 Å². The second-order valence-corrected chi connectivity index (χ2v) is 10.9. The van der Waals surface area contributed by atoms with Crippen molar-refractivity contribution in [3.63, 3.8) is 0 Å². The number of alkyl halides is 2. The molecule has 1 aromatic rings. The van der Waals surface area contributed by atoms with Gasteiger partial charge < -0.3 is 5.11 Å². The van der Waals surface area contributed by atoms with E-state index in [0.717, 1.165) is 6.08 Å². The quantitative estimate of drug-likeness (QED) is 0.502. The van der Waals surface area contributed by atoms with Crippen LogP contribution in [0.25, 0.3) is 0 Å². The molecular weight excluding hydrogens is 266 g/mol. The Bertz CT molecular complexity index is 492. The van der Waals surface area contributed by atoms with E-state index in [2.05, 4.69) is 6.58 Å². The summed E-state index contributed by atoms with van der Waals surface area (Å²) in [6.07, 6.45) is 1.16. The van der Waals surface area contributed by atoms with Gasteiger partial charge >= 0.3 is 5.92 Å². The third kappa shape index (κ3) is 3.09. The molecule has 0 unspecified atom stereocenters. The van der Waals surface area contributed by atoms with Crippen LogP contribution in [0.1, 0.15) is 10.4 Å². The van der Waals surface area contributed by atoms with Gasteiger partial charge in [0.15, 0.2) is 0 Å². The Labute approximate surface area is 112 Å². The van der Waals surface area contributed by atoms with Crippen molar-refractivity contribution < 1.29 is 18.7 Å². The molecule has 1 rings (SSSR count). The average Bonchev–Trinajstić information content (AvgIpc) is 2.27. The lowest BCUT2D eigenvalue weighted by molar-refractivity contribution is 0.0111. The van der Waals surface area contributed by atoms with E-state index in [-0.39, 0.29) is 5.56 Å². The minimum absolute atomic E-state index is 0.349. The smallest absolute Gasteiger partial charge is 0.313 e. The number of Topliss-reactive ketones (excluding diaryl/α,β-unsaturated/α-hetero) is 1. The van der Waals surface area contributed by atoms with Crippen molar-refractivity contribution in [3.8, 4) is 5.75 Å². The Hall–Kier alpha value is -1.49.